The molecule has 1 aromatic heterocycles. The molecule has 23 heavy (non-hydrogen) atoms. The zero-order chi connectivity index (χ0) is 16.4. The van der Waals surface area contributed by atoms with Gasteiger partial charge in [-0.1, -0.05) is 23.2 Å². The molecule has 4 nitrogen and oxygen atoms in total. The molecule has 0 amide bonds. The number of nitrogens with zero attached hydrogens (tertiary/aromatic N) is 1. The summed E-state index contributed by atoms with van der Waals surface area (Å²) < 4.78 is 10.7. The molecule has 0 saturated heterocycles. The first-order chi connectivity index (χ1) is 11.1. The number of hydrogen-bond donors (Lipinski definition) is 1. The van der Waals surface area contributed by atoms with Crippen LogP contribution in [0, 0.1) is 0 Å². The predicted octanol–water partition coefficient (Wildman–Crippen LogP) is 5.30. The topological polar surface area (TPSA) is 43.4 Å². The summed E-state index contributed by atoms with van der Waals surface area (Å²) in [7, 11) is 3.16. The molecule has 1 N–H and O–H groups in total. The van der Waals surface area contributed by atoms with Gasteiger partial charge in [-0.25, -0.2) is 0 Å². The number of aromatic nitrogens is 1. The highest BCUT2D eigenvalue weighted by molar-refractivity contribution is 6.32. The van der Waals surface area contributed by atoms with E-state index >= 15 is 0 Å². The zero-order valence-electron chi connectivity index (χ0n) is 12.6. The summed E-state index contributed by atoms with van der Waals surface area (Å²) in [5.41, 5.74) is 2.44. The average molecular weight is 349 g/mol. The Balaban J connectivity index is 2.08. The Hall–Kier alpha value is -2.17. The Morgan fingerprint density at radius 2 is 1.70 bits per heavy atom. The summed E-state index contributed by atoms with van der Waals surface area (Å²) in [4.78, 5) is 4.33. The van der Waals surface area contributed by atoms with E-state index in [0.717, 1.165) is 22.3 Å². The number of halogens is 2. The van der Waals surface area contributed by atoms with Crippen LogP contribution in [0.5, 0.6) is 11.5 Å². The van der Waals surface area contributed by atoms with Crippen LogP contribution in [0.1, 0.15) is 0 Å². The van der Waals surface area contributed by atoms with Crippen molar-refractivity contribution in [3.8, 4) is 11.5 Å². The number of hydrogen-bond acceptors (Lipinski definition) is 4. The molecule has 0 unspecified atom stereocenters. The number of pyridine rings is 1. The minimum atomic E-state index is 0.487. The van der Waals surface area contributed by atoms with Crippen molar-refractivity contribution in [1.82, 2.24) is 4.98 Å². The molecule has 3 rings (SSSR count). The maximum absolute atomic E-state index is 6.14. The monoisotopic (exact) mass is 348 g/mol. The molecule has 1 heterocycles. The average Bonchev–Trinajstić information content (AvgIpc) is 2.55. The van der Waals surface area contributed by atoms with Crippen molar-refractivity contribution in [3.63, 3.8) is 0 Å². The van der Waals surface area contributed by atoms with Crippen LogP contribution in [-0.4, -0.2) is 19.2 Å². The highest BCUT2D eigenvalue weighted by atomic mass is 35.5. The highest BCUT2D eigenvalue weighted by Gasteiger charge is 2.11. The van der Waals surface area contributed by atoms with E-state index in [9.17, 15) is 0 Å². The van der Waals surface area contributed by atoms with Crippen molar-refractivity contribution >= 4 is 45.5 Å². The molecule has 0 spiro atoms. The van der Waals surface area contributed by atoms with Gasteiger partial charge in [0, 0.05) is 34.4 Å². The predicted molar refractivity (Wildman–Crippen MR) is 94.6 cm³/mol. The van der Waals surface area contributed by atoms with E-state index in [1.165, 1.54) is 0 Å². The van der Waals surface area contributed by atoms with Gasteiger partial charge in [0.1, 0.15) is 11.5 Å². The molecule has 0 bridgehead atoms. The van der Waals surface area contributed by atoms with Gasteiger partial charge < -0.3 is 14.8 Å². The van der Waals surface area contributed by atoms with Crippen molar-refractivity contribution in [1.29, 1.82) is 0 Å². The van der Waals surface area contributed by atoms with Crippen LogP contribution < -0.4 is 14.8 Å². The summed E-state index contributed by atoms with van der Waals surface area (Å²) in [5.74, 6) is 1.19. The number of fused-ring (bicyclic) bond motifs is 1. The number of benzene rings is 2. The molecular formula is C17H14Cl2N2O2. The van der Waals surface area contributed by atoms with E-state index in [0.29, 0.717) is 21.5 Å². The SMILES string of the molecule is COc1cc(Nc2ccnc3cc(Cl)ccc23)c(OC)cc1Cl. The molecule has 0 fully saturated rings. The van der Waals surface area contributed by atoms with E-state index in [-0.39, 0.29) is 0 Å². The van der Waals surface area contributed by atoms with E-state index < -0.39 is 0 Å². The van der Waals surface area contributed by atoms with Crippen LogP contribution in [0.15, 0.2) is 42.6 Å². The third-order valence-electron chi connectivity index (χ3n) is 3.45. The van der Waals surface area contributed by atoms with Crippen molar-refractivity contribution < 1.29 is 9.47 Å². The summed E-state index contributed by atoms with van der Waals surface area (Å²) in [6.07, 6.45) is 1.72. The minimum absolute atomic E-state index is 0.487. The lowest BCUT2D eigenvalue weighted by molar-refractivity contribution is 0.405. The van der Waals surface area contributed by atoms with Gasteiger partial charge in [0.2, 0.25) is 0 Å². The molecule has 2 aromatic carbocycles. The fourth-order valence-corrected chi connectivity index (χ4v) is 2.73. The van der Waals surface area contributed by atoms with Gasteiger partial charge in [-0.15, -0.1) is 0 Å². The Bertz CT molecular complexity index is 869. The standard InChI is InChI=1S/C17H14Cl2N2O2/c1-22-16-9-15(17(23-2)8-12(16)19)21-13-5-6-20-14-7-10(18)3-4-11(13)14/h3-9H,1-2H3,(H,20,21). The van der Waals surface area contributed by atoms with Crippen LogP contribution >= 0.6 is 23.2 Å². The Morgan fingerprint density at radius 3 is 2.43 bits per heavy atom. The minimum Gasteiger partial charge on any atom is -0.495 e. The summed E-state index contributed by atoms with van der Waals surface area (Å²) in [6.45, 7) is 0. The van der Waals surface area contributed by atoms with Crippen LogP contribution in [0.3, 0.4) is 0 Å². The van der Waals surface area contributed by atoms with Gasteiger partial charge >= 0.3 is 0 Å². The lowest BCUT2D eigenvalue weighted by Gasteiger charge is -2.15. The van der Waals surface area contributed by atoms with Crippen molar-refractivity contribution in [2.45, 2.75) is 0 Å². The van der Waals surface area contributed by atoms with Crippen LogP contribution in [0.4, 0.5) is 11.4 Å². The smallest absolute Gasteiger partial charge is 0.144 e. The number of rotatable bonds is 4. The number of ether oxygens (including phenoxy) is 2. The molecule has 0 aliphatic rings. The van der Waals surface area contributed by atoms with Crippen molar-refractivity contribution in [2.24, 2.45) is 0 Å². The lowest BCUT2D eigenvalue weighted by Crippen LogP contribution is -1.97. The number of methoxy groups -OCH3 is 2. The fraction of sp³-hybridized carbons (Fsp3) is 0.118. The molecular weight excluding hydrogens is 335 g/mol. The second-order valence-corrected chi connectivity index (χ2v) is 5.68. The van der Waals surface area contributed by atoms with Gasteiger partial charge in [0.05, 0.1) is 30.4 Å². The largest absolute Gasteiger partial charge is 0.495 e. The maximum atomic E-state index is 6.14. The first-order valence-corrected chi connectivity index (χ1v) is 7.61. The molecule has 0 radical (unpaired) electrons. The molecule has 0 saturated carbocycles. The first kappa shape index (κ1) is 15.7. The lowest BCUT2D eigenvalue weighted by atomic mass is 10.1. The third kappa shape index (κ3) is 3.14. The Morgan fingerprint density at radius 1 is 0.913 bits per heavy atom. The highest BCUT2D eigenvalue weighted by Crippen LogP contribution is 2.38. The van der Waals surface area contributed by atoms with Gasteiger partial charge in [-0.3, -0.25) is 4.98 Å². The van der Waals surface area contributed by atoms with E-state index in [1.807, 2.05) is 24.3 Å². The van der Waals surface area contributed by atoms with Gasteiger partial charge in [-0.2, -0.15) is 0 Å². The summed E-state index contributed by atoms with van der Waals surface area (Å²) >= 11 is 12.2. The van der Waals surface area contributed by atoms with E-state index in [1.54, 1.807) is 32.5 Å². The molecule has 0 aliphatic carbocycles. The quantitative estimate of drug-likeness (QED) is 0.694. The molecule has 6 heteroatoms. The zero-order valence-corrected chi connectivity index (χ0v) is 14.1. The molecule has 0 aliphatic heterocycles. The summed E-state index contributed by atoms with van der Waals surface area (Å²) in [6, 6.07) is 11.0. The van der Waals surface area contributed by atoms with Crippen LogP contribution in [-0.2, 0) is 0 Å². The second-order valence-electron chi connectivity index (χ2n) is 4.83. The number of nitrogens with one attached hydrogen (secondary N) is 1. The fourth-order valence-electron chi connectivity index (χ4n) is 2.33. The molecule has 3 aromatic rings. The summed E-state index contributed by atoms with van der Waals surface area (Å²) in [5, 5.41) is 5.43. The van der Waals surface area contributed by atoms with Gasteiger partial charge in [0.15, 0.2) is 0 Å². The van der Waals surface area contributed by atoms with Crippen LogP contribution in [0.2, 0.25) is 10.0 Å². The Kier molecular flexibility index (Phi) is 4.46. The third-order valence-corrected chi connectivity index (χ3v) is 3.98. The molecule has 0 atom stereocenters. The van der Waals surface area contributed by atoms with Crippen molar-refractivity contribution in [2.75, 3.05) is 19.5 Å². The maximum Gasteiger partial charge on any atom is 0.144 e. The normalized spacial score (nSPS) is 10.6. The van der Waals surface area contributed by atoms with E-state index in [4.69, 9.17) is 32.7 Å². The van der Waals surface area contributed by atoms with E-state index in [2.05, 4.69) is 10.3 Å². The van der Waals surface area contributed by atoms with Gasteiger partial charge in [-0.05, 0) is 24.3 Å². The van der Waals surface area contributed by atoms with Crippen molar-refractivity contribution in [3.05, 3.63) is 52.6 Å². The second kappa shape index (κ2) is 6.52. The number of anilines is 2. The Labute approximate surface area is 144 Å². The van der Waals surface area contributed by atoms with Crippen LogP contribution in [0.25, 0.3) is 10.9 Å². The van der Waals surface area contributed by atoms with Gasteiger partial charge in [0.25, 0.3) is 0 Å². The molecule has 118 valence electrons. The first-order valence-electron chi connectivity index (χ1n) is 6.85.